The Labute approximate surface area is 176 Å². The summed E-state index contributed by atoms with van der Waals surface area (Å²) in [5.74, 6) is 0.875. The van der Waals surface area contributed by atoms with E-state index in [0.29, 0.717) is 50.0 Å². The van der Waals surface area contributed by atoms with Gasteiger partial charge in [0.25, 0.3) is 11.5 Å². The first-order valence-electron chi connectivity index (χ1n) is 10.5. The van der Waals surface area contributed by atoms with Crippen molar-refractivity contribution in [1.82, 2.24) is 14.5 Å². The van der Waals surface area contributed by atoms with E-state index < -0.39 is 0 Å². The molecule has 6 heteroatoms. The fraction of sp³-hybridized carbons (Fsp3) is 0.375. The molecule has 6 nitrogen and oxygen atoms in total. The van der Waals surface area contributed by atoms with E-state index in [0.717, 1.165) is 16.6 Å². The topological polar surface area (TPSA) is 58.4 Å². The van der Waals surface area contributed by atoms with Crippen LogP contribution < -0.4 is 10.5 Å². The number of amides is 1. The van der Waals surface area contributed by atoms with Crippen molar-refractivity contribution in [2.45, 2.75) is 27.3 Å². The number of benzene rings is 2. The van der Waals surface area contributed by atoms with E-state index in [1.54, 1.807) is 0 Å². The number of anilines is 1. The molecule has 2 aromatic carbocycles. The summed E-state index contributed by atoms with van der Waals surface area (Å²) in [6, 6.07) is 15.5. The molecule has 0 radical (unpaired) electrons. The Bertz CT molecular complexity index is 1110. The molecule has 156 valence electrons. The van der Waals surface area contributed by atoms with Crippen LogP contribution >= 0.6 is 0 Å². The van der Waals surface area contributed by atoms with Gasteiger partial charge in [0.2, 0.25) is 0 Å². The molecular weight excluding hydrogens is 376 g/mol. The van der Waals surface area contributed by atoms with Crippen LogP contribution in [0.1, 0.15) is 29.8 Å². The summed E-state index contributed by atoms with van der Waals surface area (Å²) < 4.78 is 1.84. The molecule has 0 aliphatic carbocycles. The highest BCUT2D eigenvalue weighted by Crippen LogP contribution is 2.18. The number of carbonyl (C=O) groups excluding carboxylic acids is 1. The van der Waals surface area contributed by atoms with E-state index in [-0.39, 0.29) is 11.5 Å². The first kappa shape index (κ1) is 20.1. The van der Waals surface area contributed by atoms with Gasteiger partial charge in [0, 0.05) is 38.3 Å². The van der Waals surface area contributed by atoms with Crippen molar-refractivity contribution in [3.8, 4) is 0 Å². The molecule has 30 heavy (non-hydrogen) atoms. The van der Waals surface area contributed by atoms with E-state index in [9.17, 15) is 9.59 Å². The fourth-order valence-corrected chi connectivity index (χ4v) is 3.93. The monoisotopic (exact) mass is 404 g/mol. The van der Waals surface area contributed by atoms with Crippen LogP contribution in [0.2, 0.25) is 0 Å². The Morgan fingerprint density at radius 2 is 1.67 bits per heavy atom. The lowest BCUT2D eigenvalue weighted by atomic mass is 10.1. The Kier molecular flexibility index (Phi) is 5.57. The van der Waals surface area contributed by atoms with Crippen molar-refractivity contribution in [3.63, 3.8) is 0 Å². The maximum atomic E-state index is 13.3. The lowest BCUT2D eigenvalue weighted by Gasteiger charge is -2.35. The Morgan fingerprint density at radius 1 is 1.00 bits per heavy atom. The minimum Gasteiger partial charge on any atom is -0.348 e. The number of carbonyl (C=O) groups is 1. The summed E-state index contributed by atoms with van der Waals surface area (Å²) in [5.41, 5.74) is 3.48. The molecular formula is C24H28N4O2. The second-order valence-electron chi connectivity index (χ2n) is 8.38. The van der Waals surface area contributed by atoms with Crippen molar-refractivity contribution in [3.05, 3.63) is 70.0 Å². The highest BCUT2D eigenvalue weighted by molar-refractivity contribution is 5.94. The molecule has 1 fully saturated rings. The summed E-state index contributed by atoms with van der Waals surface area (Å²) in [6.07, 6.45) is 0. The SMILES string of the molecule is Cc1ccc(C(=O)N2CCN(c3nc4ccccc4n(CC(C)C)c3=O)CC2)cc1. The number of piperazine rings is 1. The Morgan fingerprint density at radius 3 is 2.33 bits per heavy atom. The Hall–Kier alpha value is -3.15. The summed E-state index contributed by atoms with van der Waals surface area (Å²) in [5, 5.41) is 0. The van der Waals surface area contributed by atoms with Crippen LogP contribution in [0, 0.1) is 12.8 Å². The number of hydrogen-bond acceptors (Lipinski definition) is 4. The molecule has 1 amide bonds. The van der Waals surface area contributed by atoms with Crippen molar-refractivity contribution in [1.29, 1.82) is 0 Å². The molecule has 2 heterocycles. The van der Waals surface area contributed by atoms with Gasteiger partial charge in [-0.3, -0.25) is 9.59 Å². The number of fused-ring (bicyclic) bond motifs is 1. The quantitative estimate of drug-likeness (QED) is 0.669. The van der Waals surface area contributed by atoms with Gasteiger partial charge < -0.3 is 14.4 Å². The number of rotatable bonds is 4. The van der Waals surface area contributed by atoms with E-state index >= 15 is 0 Å². The molecule has 0 unspecified atom stereocenters. The van der Waals surface area contributed by atoms with Gasteiger partial charge in [-0.2, -0.15) is 0 Å². The predicted octanol–water partition coefficient (Wildman–Crippen LogP) is 3.32. The second-order valence-corrected chi connectivity index (χ2v) is 8.38. The predicted molar refractivity (Wildman–Crippen MR) is 120 cm³/mol. The molecule has 0 saturated carbocycles. The standard InChI is InChI=1S/C24H28N4O2/c1-17(2)16-28-21-7-5-4-6-20(21)25-22(24(28)30)26-12-14-27(15-13-26)23(29)19-10-8-18(3)9-11-19/h4-11,17H,12-16H2,1-3H3. The van der Waals surface area contributed by atoms with Crippen molar-refractivity contribution < 1.29 is 4.79 Å². The van der Waals surface area contributed by atoms with Gasteiger partial charge in [-0.1, -0.05) is 43.7 Å². The number of aromatic nitrogens is 2. The maximum Gasteiger partial charge on any atom is 0.294 e. The van der Waals surface area contributed by atoms with E-state index in [4.69, 9.17) is 4.98 Å². The first-order chi connectivity index (χ1) is 14.4. The van der Waals surface area contributed by atoms with Crippen LogP contribution in [0.15, 0.2) is 53.3 Å². The second kappa shape index (κ2) is 8.30. The van der Waals surface area contributed by atoms with Gasteiger partial charge in [-0.05, 0) is 37.1 Å². The molecule has 1 aliphatic heterocycles. The van der Waals surface area contributed by atoms with E-state index in [1.165, 1.54) is 0 Å². The Balaban J connectivity index is 1.57. The number of para-hydroxylation sites is 2. The van der Waals surface area contributed by atoms with E-state index in [1.807, 2.05) is 69.8 Å². The number of nitrogens with zero attached hydrogens (tertiary/aromatic N) is 4. The minimum absolute atomic E-state index is 0.0401. The average molecular weight is 405 g/mol. The molecule has 0 spiro atoms. The van der Waals surface area contributed by atoms with Crippen molar-refractivity contribution >= 4 is 22.8 Å². The third-order valence-corrected chi connectivity index (χ3v) is 5.55. The van der Waals surface area contributed by atoms with Crippen LogP contribution in [0.3, 0.4) is 0 Å². The van der Waals surface area contributed by atoms with Crippen LogP contribution in [-0.2, 0) is 6.54 Å². The molecule has 3 aromatic rings. The van der Waals surface area contributed by atoms with Crippen LogP contribution in [0.25, 0.3) is 11.0 Å². The van der Waals surface area contributed by atoms with Gasteiger partial charge in [0.15, 0.2) is 5.82 Å². The number of aryl methyl sites for hydroxylation is 1. The highest BCUT2D eigenvalue weighted by atomic mass is 16.2. The smallest absolute Gasteiger partial charge is 0.294 e. The largest absolute Gasteiger partial charge is 0.348 e. The van der Waals surface area contributed by atoms with Crippen molar-refractivity contribution in [2.24, 2.45) is 5.92 Å². The molecule has 4 rings (SSSR count). The maximum absolute atomic E-state index is 13.3. The number of hydrogen-bond donors (Lipinski definition) is 0. The van der Waals surface area contributed by atoms with Crippen molar-refractivity contribution in [2.75, 3.05) is 31.1 Å². The van der Waals surface area contributed by atoms with Crippen LogP contribution in [-0.4, -0.2) is 46.5 Å². The lowest BCUT2D eigenvalue weighted by Crippen LogP contribution is -2.50. The lowest BCUT2D eigenvalue weighted by molar-refractivity contribution is 0.0746. The average Bonchev–Trinajstić information content (AvgIpc) is 2.75. The first-order valence-corrected chi connectivity index (χ1v) is 10.5. The molecule has 0 bridgehead atoms. The van der Waals surface area contributed by atoms with Gasteiger partial charge in [-0.15, -0.1) is 0 Å². The zero-order valence-corrected chi connectivity index (χ0v) is 17.8. The third kappa shape index (κ3) is 3.95. The van der Waals surface area contributed by atoms with Gasteiger partial charge >= 0.3 is 0 Å². The zero-order chi connectivity index (χ0) is 21.3. The van der Waals surface area contributed by atoms with Crippen LogP contribution in [0.4, 0.5) is 5.82 Å². The summed E-state index contributed by atoms with van der Waals surface area (Å²) in [7, 11) is 0. The fourth-order valence-electron chi connectivity index (χ4n) is 3.93. The molecule has 1 aliphatic rings. The molecule has 0 atom stereocenters. The summed E-state index contributed by atoms with van der Waals surface area (Å²) in [6.45, 7) is 9.22. The molecule has 1 saturated heterocycles. The highest BCUT2D eigenvalue weighted by Gasteiger charge is 2.25. The minimum atomic E-state index is -0.0549. The molecule has 1 aromatic heterocycles. The normalized spacial score (nSPS) is 14.5. The third-order valence-electron chi connectivity index (χ3n) is 5.55. The van der Waals surface area contributed by atoms with Gasteiger partial charge in [0.1, 0.15) is 0 Å². The van der Waals surface area contributed by atoms with Gasteiger partial charge in [-0.25, -0.2) is 4.98 Å². The summed E-state index contributed by atoms with van der Waals surface area (Å²) >= 11 is 0. The van der Waals surface area contributed by atoms with E-state index in [2.05, 4.69) is 13.8 Å². The van der Waals surface area contributed by atoms with Gasteiger partial charge in [0.05, 0.1) is 11.0 Å². The zero-order valence-electron chi connectivity index (χ0n) is 17.8. The van der Waals surface area contributed by atoms with Crippen LogP contribution in [0.5, 0.6) is 0 Å². The molecule has 0 N–H and O–H groups in total. The summed E-state index contributed by atoms with van der Waals surface area (Å²) in [4.78, 5) is 34.6.